The number of unbranched alkanes of at least 4 members (excludes halogenated alkanes) is 13. The molecule has 0 fully saturated rings. The normalized spacial score (nSPS) is 15.4. The number of amides is 3. The molecule has 0 saturated carbocycles. The fourth-order valence-electron chi connectivity index (χ4n) is 4.73. The molecular weight excluding hydrogens is 524 g/mol. The van der Waals surface area contributed by atoms with Crippen molar-refractivity contribution in [2.45, 2.75) is 141 Å². The van der Waals surface area contributed by atoms with E-state index in [4.69, 9.17) is 5.73 Å². The molecule has 11 heteroatoms. The van der Waals surface area contributed by atoms with Gasteiger partial charge in [-0.2, -0.15) is 0 Å². The summed E-state index contributed by atoms with van der Waals surface area (Å²) in [5, 5.41) is 17.2. The summed E-state index contributed by atoms with van der Waals surface area (Å²) in [5.41, 5.74) is 5.48. The average Bonchev–Trinajstić information content (AvgIpc) is 3.46. The molecule has 0 radical (unpaired) electrons. The van der Waals surface area contributed by atoms with E-state index in [1.165, 1.54) is 70.5 Å². The molecule has 0 aromatic heterocycles. The van der Waals surface area contributed by atoms with Crippen LogP contribution in [0.25, 0.3) is 0 Å². The number of carbonyl (C=O) groups excluding carboxylic acids is 3. The molecule has 1 unspecified atom stereocenters. The van der Waals surface area contributed by atoms with Gasteiger partial charge in [-0.05, 0) is 32.2 Å². The third-order valence-corrected chi connectivity index (χ3v) is 7.23. The number of aliphatic imine (C=N–C) groups is 2. The maximum Gasteiger partial charge on any atom is 0.326 e. The number of nitrogens with two attached hydrogens (primary N) is 1. The van der Waals surface area contributed by atoms with E-state index in [-0.39, 0.29) is 25.3 Å². The van der Waals surface area contributed by atoms with Gasteiger partial charge in [0.25, 0.3) is 0 Å². The van der Waals surface area contributed by atoms with Gasteiger partial charge < -0.3 is 26.8 Å². The van der Waals surface area contributed by atoms with Gasteiger partial charge in [0, 0.05) is 19.1 Å². The highest BCUT2D eigenvalue weighted by molar-refractivity contribution is 5.92. The number of nitrogens with zero attached hydrogens (tertiary/aromatic N) is 2. The topological polar surface area (TPSA) is 175 Å². The van der Waals surface area contributed by atoms with Gasteiger partial charge in [-0.25, -0.2) is 9.79 Å². The first-order chi connectivity index (χ1) is 19.9. The molecule has 1 aliphatic heterocycles. The summed E-state index contributed by atoms with van der Waals surface area (Å²) in [6.45, 7) is 2.41. The van der Waals surface area contributed by atoms with Crippen molar-refractivity contribution in [3.63, 3.8) is 0 Å². The second-order valence-electron chi connectivity index (χ2n) is 10.9. The van der Waals surface area contributed by atoms with E-state index in [0.29, 0.717) is 25.8 Å². The van der Waals surface area contributed by atoms with E-state index >= 15 is 0 Å². The van der Waals surface area contributed by atoms with Crippen LogP contribution in [0.4, 0.5) is 0 Å². The Labute approximate surface area is 246 Å². The molecule has 3 amide bonds. The molecule has 0 aromatic carbocycles. The standard InChI is InChI=1S/C30H54N6O5/c1-2-3-4-5-6-7-8-9-10-11-12-13-14-18-27(37)33-22-28(38)35-26(20-24-21-32-23-34-24)29(39)36-25(30(40)41)17-15-16-19-31/h21,23-26H,2-20,22,31H2,1H3,(H,33,37)(H,35,38)(H,36,39)(H,40,41)/t24?,25-,26-/m0/s1. The van der Waals surface area contributed by atoms with Gasteiger partial charge in [0.05, 0.1) is 12.6 Å². The van der Waals surface area contributed by atoms with Crippen LogP contribution in [0.15, 0.2) is 9.98 Å². The summed E-state index contributed by atoms with van der Waals surface area (Å²) in [6.07, 6.45) is 20.8. The highest BCUT2D eigenvalue weighted by Gasteiger charge is 2.28. The first-order valence-electron chi connectivity index (χ1n) is 15.7. The second kappa shape index (κ2) is 23.8. The van der Waals surface area contributed by atoms with Crippen LogP contribution in [-0.4, -0.2) is 72.6 Å². The van der Waals surface area contributed by atoms with Gasteiger partial charge in [0.2, 0.25) is 17.7 Å². The van der Waals surface area contributed by atoms with Gasteiger partial charge in [0.1, 0.15) is 18.4 Å². The van der Waals surface area contributed by atoms with E-state index < -0.39 is 35.9 Å². The first-order valence-corrected chi connectivity index (χ1v) is 15.7. The molecule has 6 N–H and O–H groups in total. The molecule has 1 heterocycles. The van der Waals surface area contributed by atoms with Crippen molar-refractivity contribution in [3.05, 3.63) is 0 Å². The zero-order valence-electron chi connectivity index (χ0n) is 25.1. The number of carboxylic acids is 1. The first kappa shape index (κ1) is 36.2. The van der Waals surface area contributed by atoms with Gasteiger partial charge in [0.15, 0.2) is 0 Å². The summed E-state index contributed by atoms with van der Waals surface area (Å²) in [6, 6.07) is -2.52. The van der Waals surface area contributed by atoms with Crippen LogP contribution in [0, 0.1) is 0 Å². The lowest BCUT2D eigenvalue weighted by atomic mass is 10.0. The van der Waals surface area contributed by atoms with Crippen molar-refractivity contribution >= 4 is 36.2 Å². The summed E-state index contributed by atoms with van der Waals surface area (Å²) in [4.78, 5) is 57.3. The quantitative estimate of drug-likeness (QED) is 0.0979. The Hall–Kier alpha value is -2.82. The SMILES string of the molecule is CCCCCCCCCCCCCCCC(=O)NCC(=O)N[C@@H](CC1C=NC=N1)C(=O)N[C@@H](CCCCN)C(=O)O. The predicted molar refractivity (Wildman–Crippen MR) is 163 cm³/mol. The number of hydrogen-bond acceptors (Lipinski definition) is 7. The molecule has 41 heavy (non-hydrogen) atoms. The largest absolute Gasteiger partial charge is 0.480 e. The minimum Gasteiger partial charge on any atom is -0.480 e. The van der Waals surface area contributed by atoms with Crippen molar-refractivity contribution in [1.29, 1.82) is 0 Å². The number of aliphatic carboxylic acids is 1. The molecule has 234 valence electrons. The van der Waals surface area contributed by atoms with Crippen molar-refractivity contribution in [1.82, 2.24) is 16.0 Å². The second-order valence-corrected chi connectivity index (χ2v) is 10.9. The van der Waals surface area contributed by atoms with E-state index in [0.717, 1.165) is 19.3 Å². The average molecular weight is 579 g/mol. The van der Waals surface area contributed by atoms with Crippen LogP contribution in [0.3, 0.4) is 0 Å². The Balaban J connectivity index is 2.29. The van der Waals surface area contributed by atoms with Crippen LogP contribution < -0.4 is 21.7 Å². The Kier molecular flexibility index (Phi) is 21.1. The predicted octanol–water partition coefficient (Wildman–Crippen LogP) is 3.64. The molecular formula is C30H54N6O5. The van der Waals surface area contributed by atoms with E-state index in [2.05, 4.69) is 32.9 Å². The number of carbonyl (C=O) groups is 4. The molecule has 0 bridgehead atoms. The van der Waals surface area contributed by atoms with Gasteiger partial charge in [-0.15, -0.1) is 0 Å². The van der Waals surface area contributed by atoms with Gasteiger partial charge >= 0.3 is 5.97 Å². The number of carboxylic acid groups (broad SMARTS) is 1. The molecule has 1 rings (SSSR count). The minimum atomic E-state index is -1.15. The summed E-state index contributed by atoms with van der Waals surface area (Å²) < 4.78 is 0. The fraction of sp³-hybridized carbons (Fsp3) is 0.800. The molecule has 3 atom stereocenters. The highest BCUT2D eigenvalue weighted by atomic mass is 16.4. The van der Waals surface area contributed by atoms with Crippen molar-refractivity contribution in [2.75, 3.05) is 13.1 Å². The summed E-state index contributed by atoms with van der Waals surface area (Å²) in [5.74, 6) is -2.51. The van der Waals surface area contributed by atoms with Crippen LogP contribution in [-0.2, 0) is 19.2 Å². The maximum absolute atomic E-state index is 12.9. The summed E-state index contributed by atoms with van der Waals surface area (Å²) >= 11 is 0. The molecule has 0 spiro atoms. The Bertz CT molecular complexity index is 807. The van der Waals surface area contributed by atoms with Crippen LogP contribution in [0.1, 0.15) is 122 Å². The fourth-order valence-corrected chi connectivity index (χ4v) is 4.73. The van der Waals surface area contributed by atoms with Crippen molar-refractivity contribution in [2.24, 2.45) is 15.7 Å². The van der Waals surface area contributed by atoms with Crippen molar-refractivity contribution < 1.29 is 24.3 Å². The number of hydrogen-bond donors (Lipinski definition) is 5. The van der Waals surface area contributed by atoms with E-state index in [9.17, 15) is 24.3 Å². The Morgan fingerprint density at radius 3 is 1.95 bits per heavy atom. The lowest BCUT2D eigenvalue weighted by Crippen LogP contribution is -2.54. The third-order valence-electron chi connectivity index (χ3n) is 7.23. The van der Waals surface area contributed by atoms with Crippen LogP contribution >= 0.6 is 0 Å². The molecule has 0 aromatic rings. The third kappa shape index (κ3) is 19.0. The minimum absolute atomic E-state index is 0.125. The van der Waals surface area contributed by atoms with Crippen LogP contribution in [0.2, 0.25) is 0 Å². The zero-order chi connectivity index (χ0) is 30.1. The maximum atomic E-state index is 12.9. The lowest BCUT2D eigenvalue weighted by Gasteiger charge is -2.22. The van der Waals surface area contributed by atoms with E-state index in [1.54, 1.807) is 6.21 Å². The summed E-state index contributed by atoms with van der Waals surface area (Å²) in [7, 11) is 0. The monoisotopic (exact) mass is 578 g/mol. The molecule has 0 aliphatic carbocycles. The van der Waals surface area contributed by atoms with Crippen molar-refractivity contribution in [3.8, 4) is 0 Å². The van der Waals surface area contributed by atoms with Crippen LogP contribution in [0.5, 0.6) is 0 Å². The molecule has 11 nitrogen and oxygen atoms in total. The van der Waals surface area contributed by atoms with Gasteiger partial charge in [-0.1, -0.05) is 84.0 Å². The molecule has 1 aliphatic rings. The number of rotatable bonds is 26. The van der Waals surface area contributed by atoms with E-state index in [1.807, 2.05) is 0 Å². The van der Waals surface area contributed by atoms with Gasteiger partial charge in [-0.3, -0.25) is 19.4 Å². The molecule has 0 saturated heterocycles. The smallest absolute Gasteiger partial charge is 0.326 e. The zero-order valence-corrected chi connectivity index (χ0v) is 25.1. The lowest BCUT2D eigenvalue weighted by molar-refractivity contribution is -0.142. The Morgan fingerprint density at radius 2 is 1.41 bits per heavy atom. The number of nitrogens with one attached hydrogen (secondary N) is 3. The highest BCUT2D eigenvalue weighted by Crippen LogP contribution is 2.13. The Morgan fingerprint density at radius 1 is 0.805 bits per heavy atom.